The van der Waals surface area contributed by atoms with Crippen molar-refractivity contribution in [2.75, 3.05) is 6.54 Å². The molecule has 2 rings (SSSR count). The first kappa shape index (κ1) is 27.8. The number of aromatic amines is 1. The fourth-order valence-electron chi connectivity index (χ4n) is 3.16. The van der Waals surface area contributed by atoms with E-state index in [0.717, 1.165) is 0 Å². The van der Waals surface area contributed by atoms with Crippen LogP contribution in [0.2, 0.25) is 0 Å². The van der Waals surface area contributed by atoms with E-state index in [2.05, 4.69) is 25.9 Å². The van der Waals surface area contributed by atoms with Crippen molar-refractivity contribution in [1.82, 2.24) is 25.9 Å². The summed E-state index contributed by atoms with van der Waals surface area (Å²) < 4.78 is 0. The molecule has 0 spiro atoms. The van der Waals surface area contributed by atoms with Crippen LogP contribution in [0.25, 0.3) is 0 Å². The Kier molecular flexibility index (Phi) is 10.4. The summed E-state index contributed by atoms with van der Waals surface area (Å²) in [5, 5.41) is 26.0. The van der Waals surface area contributed by atoms with Crippen molar-refractivity contribution in [3.8, 4) is 5.75 Å². The number of nitrogens with two attached hydrogens (primary N) is 2. The summed E-state index contributed by atoms with van der Waals surface area (Å²) in [5.74, 6) is -4.26. The second-order valence-electron chi connectivity index (χ2n) is 8.00. The lowest BCUT2D eigenvalue weighted by Crippen LogP contribution is -2.54. The predicted molar refractivity (Wildman–Crippen MR) is 125 cm³/mol. The van der Waals surface area contributed by atoms with Gasteiger partial charge in [-0.3, -0.25) is 19.2 Å². The number of aromatic hydroxyl groups is 1. The van der Waals surface area contributed by atoms with Gasteiger partial charge in [0.15, 0.2) is 0 Å². The Morgan fingerprint density at radius 2 is 1.69 bits per heavy atom. The van der Waals surface area contributed by atoms with Crippen molar-refractivity contribution in [1.29, 1.82) is 0 Å². The third-order valence-electron chi connectivity index (χ3n) is 5.08. The zero-order chi connectivity index (χ0) is 26.7. The van der Waals surface area contributed by atoms with E-state index >= 15 is 0 Å². The topological polar surface area (TPSA) is 243 Å². The highest BCUT2D eigenvalue weighted by atomic mass is 16.4. The molecular weight excluding hydrogens is 474 g/mol. The lowest BCUT2D eigenvalue weighted by atomic mass is 10.0. The smallest absolute Gasteiger partial charge is 0.326 e. The number of aromatic nitrogens is 2. The molecule has 0 saturated heterocycles. The minimum absolute atomic E-state index is 0.00430. The Morgan fingerprint density at radius 1 is 1.00 bits per heavy atom. The van der Waals surface area contributed by atoms with Gasteiger partial charge >= 0.3 is 5.97 Å². The molecule has 14 nitrogen and oxygen atoms in total. The molecule has 1 heterocycles. The zero-order valence-corrected chi connectivity index (χ0v) is 19.3. The van der Waals surface area contributed by atoms with Crippen molar-refractivity contribution in [3.63, 3.8) is 0 Å². The Morgan fingerprint density at radius 3 is 2.28 bits per heavy atom. The molecule has 10 N–H and O–H groups in total. The largest absolute Gasteiger partial charge is 0.508 e. The molecule has 0 bridgehead atoms. The summed E-state index contributed by atoms with van der Waals surface area (Å²) in [6.45, 7) is -0.487. The highest BCUT2D eigenvalue weighted by molar-refractivity contribution is 5.92. The number of nitrogens with zero attached hydrogens (tertiary/aromatic N) is 1. The van der Waals surface area contributed by atoms with Gasteiger partial charge in [-0.05, 0) is 24.1 Å². The molecule has 0 fully saturated rings. The maximum absolute atomic E-state index is 12.9. The lowest BCUT2D eigenvalue weighted by Gasteiger charge is -2.22. The van der Waals surface area contributed by atoms with Crippen molar-refractivity contribution in [3.05, 3.63) is 48.0 Å². The summed E-state index contributed by atoms with van der Waals surface area (Å²) in [6.07, 6.45) is 2.57. The van der Waals surface area contributed by atoms with Crippen LogP contribution in [0.5, 0.6) is 5.75 Å². The number of carboxylic acid groups (broad SMARTS) is 1. The van der Waals surface area contributed by atoms with Crippen molar-refractivity contribution in [2.45, 2.75) is 43.8 Å². The number of H-pyrrole nitrogens is 1. The number of amides is 4. The number of nitrogens with one attached hydrogen (secondary N) is 4. The van der Waals surface area contributed by atoms with Crippen LogP contribution < -0.4 is 27.4 Å². The van der Waals surface area contributed by atoms with Gasteiger partial charge in [-0.25, -0.2) is 9.78 Å². The zero-order valence-electron chi connectivity index (χ0n) is 19.3. The second kappa shape index (κ2) is 13.4. The highest BCUT2D eigenvalue weighted by Crippen LogP contribution is 2.12. The number of phenolic OH excluding ortho intramolecular Hbond substituents is 1. The van der Waals surface area contributed by atoms with E-state index in [9.17, 15) is 34.2 Å². The first-order valence-electron chi connectivity index (χ1n) is 10.9. The molecule has 36 heavy (non-hydrogen) atoms. The minimum atomic E-state index is -1.41. The van der Waals surface area contributed by atoms with Gasteiger partial charge in [0.1, 0.15) is 17.8 Å². The van der Waals surface area contributed by atoms with E-state index in [-0.39, 0.29) is 31.4 Å². The molecule has 3 atom stereocenters. The molecule has 4 amide bonds. The van der Waals surface area contributed by atoms with Gasteiger partial charge in [-0.2, -0.15) is 0 Å². The molecule has 0 aliphatic carbocycles. The molecular formula is C22H29N7O7. The summed E-state index contributed by atoms with van der Waals surface area (Å²) in [6, 6.07) is 2.24. The molecule has 0 aliphatic heterocycles. The fourth-order valence-corrected chi connectivity index (χ4v) is 3.16. The van der Waals surface area contributed by atoms with E-state index in [4.69, 9.17) is 11.5 Å². The molecule has 0 aliphatic rings. The summed E-state index contributed by atoms with van der Waals surface area (Å²) >= 11 is 0. The van der Waals surface area contributed by atoms with Crippen LogP contribution in [0, 0.1) is 0 Å². The quantitative estimate of drug-likeness (QED) is 0.137. The number of phenols is 1. The second-order valence-corrected chi connectivity index (χ2v) is 8.00. The van der Waals surface area contributed by atoms with Crippen molar-refractivity contribution in [2.24, 2.45) is 11.5 Å². The SMILES string of the molecule is NC(=O)CCC(NC(=O)C(Cc1ccc(O)cc1)NC(=O)CNC(=O)C(N)Cc1cnc[nH]1)C(=O)O. The Bertz CT molecular complexity index is 1060. The molecule has 3 unspecified atom stereocenters. The predicted octanol–water partition coefficient (Wildman–Crippen LogP) is -2.34. The van der Waals surface area contributed by atoms with E-state index in [1.165, 1.54) is 36.8 Å². The first-order valence-corrected chi connectivity index (χ1v) is 10.9. The van der Waals surface area contributed by atoms with Crippen molar-refractivity contribution >= 4 is 29.6 Å². The van der Waals surface area contributed by atoms with E-state index < -0.39 is 54.3 Å². The number of benzene rings is 1. The number of carbonyl (C=O) groups excluding carboxylic acids is 4. The third kappa shape index (κ3) is 9.42. The average molecular weight is 504 g/mol. The van der Waals surface area contributed by atoms with Crippen LogP contribution in [0.15, 0.2) is 36.8 Å². The first-order chi connectivity index (χ1) is 17.0. The van der Waals surface area contributed by atoms with Crippen LogP contribution in [0.4, 0.5) is 0 Å². The standard InChI is InChI=1S/C22H29N7O7/c23-15(8-13-9-25-11-27-13)20(33)26-10-19(32)28-17(7-12-1-3-14(30)4-2-12)21(34)29-16(22(35)36)5-6-18(24)31/h1-4,9,11,15-17,30H,5-8,10,23H2,(H2,24,31)(H,25,27)(H,26,33)(H,28,32)(H,29,34)(H,35,36). The average Bonchev–Trinajstić information content (AvgIpc) is 3.33. The number of hydrogen-bond acceptors (Lipinski definition) is 8. The van der Waals surface area contributed by atoms with E-state index in [0.29, 0.717) is 11.3 Å². The van der Waals surface area contributed by atoms with Crippen LogP contribution in [0.1, 0.15) is 24.1 Å². The number of aliphatic carboxylic acids is 1. The monoisotopic (exact) mass is 503 g/mol. The molecule has 1 aromatic heterocycles. The van der Waals surface area contributed by atoms with Crippen LogP contribution >= 0.6 is 0 Å². The highest BCUT2D eigenvalue weighted by Gasteiger charge is 2.27. The van der Waals surface area contributed by atoms with Gasteiger partial charge in [0.05, 0.1) is 18.9 Å². The maximum atomic E-state index is 12.9. The summed E-state index contributed by atoms with van der Waals surface area (Å²) in [7, 11) is 0. The van der Waals surface area contributed by atoms with Gasteiger partial charge in [-0.15, -0.1) is 0 Å². The lowest BCUT2D eigenvalue weighted by molar-refractivity contribution is -0.142. The Balaban J connectivity index is 2.02. The maximum Gasteiger partial charge on any atom is 0.326 e. The summed E-state index contributed by atoms with van der Waals surface area (Å²) in [5.41, 5.74) is 12.1. The van der Waals surface area contributed by atoms with Gasteiger partial charge < -0.3 is 42.6 Å². The summed E-state index contributed by atoms with van der Waals surface area (Å²) in [4.78, 5) is 66.7. The molecule has 14 heteroatoms. The Labute approximate surface area is 205 Å². The molecule has 194 valence electrons. The van der Waals surface area contributed by atoms with E-state index in [1.54, 1.807) is 0 Å². The number of carbonyl (C=O) groups is 5. The minimum Gasteiger partial charge on any atom is -0.508 e. The van der Waals surface area contributed by atoms with E-state index in [1.807, 2.05) is 0 Å². The fraction of sp³-hybridized carbons (Fsp3) is 0.364. The molecule has 0 radical (unpaired) electrons. The third-order valence-corrected chi connectivity index (χ3v) is 5.08. The number of hydrogen-bond donors (Lipinski definition) is 8. The molecule has 2 aromatic rings. The number of carboxylic acids is 1. The van der Waals surface area contributed by atoms with Crippen LogP contribution in [-0.4, -0.2) is 74.4 Å². The number of rotatable bonds is 14. The van der Waals surface area contributed by atoms with Crippen LogP contribution in [-0.2, 0) is 36.8 Å². The van der Waals surface area contributed by atoms with Gasteiger partial charge in [0.2, 0.25) is 23.6 Å². The van der Waals surface area contributed by atoms with Gasteiger partial charge in [-0.1, -0.05) is 12.1 Å². The van der Waals surface area contributed by atoms with Crippen LogP contribution in [0.3, 0.4) is 0 Å². The molecule has 0 saturated carbocycles. The van der Waals surface area contributed by atoms with Crippen molar-refractivity contribution < 1.29 is 34.2 Å². The normalized spacial score (nSPS) is 13.1. The molecule has 1 aromatic carbocycles. The van der Waals surface area contributed by atoms with Gasteiger partial charge in [0, 0.05) is 31.2 Å². The van der Waals surface area contributed by atoms with Gasteiger partial charge in [0.25, 0.3) is 0 Å². The Hall–Kier alpha value is -4.46. The number of primary amides is 1. The number of imidazole rings is 1.